The van der Waals surface area contributed by atoms with Crippen molar-refractivity contribution in [1.82, 2.24) is 4.98 Å². The maximum Gasteiger partial charge on any atom is 0.128 e. The van der Waals surface area contributed by atoms with Gasteiger partial charge >= 0.3 is 0 Å². The van der Waals surface area contributed by atoms with E-state index in [0.717, 1.165) is 44.0 Å². The van der Waals surface area contributed by atoms with Gasteiger partial charge in [0, 0.05) is 33.0 Å². The van der Waals surface area contributed by atoms with E-state index in [-0.39, 0.29) is 6.61 Å². The van der Waals surface area contributed by atoms with Crippen molar-refractivity contribution in [3.8, 4) is 0 Å². The van der Waals surface area contributed by atoms with Crippen LogP contribution in [0.15, 0.2) is 18.3 Å². The molecule has 2 heterocycles. The summed E-state index contributed by atoms with van der Waals surface area (Å²) in [5, 5.41) is 9.10. The van der Waals surface area contributed by atoms with Crippen molar-refractivity contribution in [2.45, 2.75) is 19.4 Å². The predicted molar refractivity (Wildman–Crippen MR) is 67.0 cm³/mol. The minimum atomic E-state index is 0.0701. The van der Waals surface area contributed by atoms with Gasteiger partial charge in [0.2, 0.25) is 0 Å². The minimum Gasteiger partial charge on any atom is -0.392 e. The molecule has 4 heteroatoms. The molecule has 1 aromatic heterocycles. The topological polar surface area (TPSA) is 45.6 Å². The number of ether oxygens (including phenoxy) is 1. The van der Waals surface area contributed by atoms with Crippen LogP contribution in [0.3, 0.4) is 0 Å². The van der Waals surface area contributed by atoms with Gasteiger partial charge in [0.1, 0.15) is 5.82 Å². The van der Waals surface area contributed by atoms with E-state index in [9.17, 15) is 0 Å². The molecule has 1 N–H and O–H groups in total. The van der Waals surface area contributed by atoms with Crippen LogP contribution in [0.1, 0.15) is 18.4 Å². The normalized spacial score (nSPS) is 17.1. The third-order valence-corrected chi connectivity index (χ3v) is 3.26. The maximum absolute atomic E-state index is 9.10. The standard InChI is InChI=1S/C13H20N2O2/c1-15(9-11-3-6-17-7-4-11)13-8-12(10-16)2-5-14-13/h2,5,8,11,16H,3-4,6-7,9-10H2,1H3. The largest absolute Gasteiger partial charge is 0.392 e. The summed E-state index contributed by atoms with van der Waals surface area (Å²) in [6.07, 6.45) is 4.01. The lowest BCUT2D eigenvalue weighted by Crippen LogP contribution is -2.30. The first-order chi connectivity index (χ1) is 8.29. The van der Waals surface area contributed by atoms with Gasteiger partial charge in [-0.1, -0.05) is 0 Å². The quantitative estimate of drug-likeness (QED) is 0.859. The molecule has 1 aliphatic rings. The van der Waals surface area contributed by atoms with Crippen LogP contribution in [0, 0.1) is 5.92 Å². The molecule has 0 saturated carbocycles. The maximum atomic E-state index is 9.10. The van der Waals surface area contributed by atoms with Crippen LogP contribution in [-0.4, -0.2) is 36.9 Å². The van der Waals surface area contributed by atoms with Crippen LogP contribution < -0.4 is 4.90 Å². The highest BCUT2D eigenvalue weighted by Gasteiger charge is 2.16. The molecule has 0 spiro atoms. The first kappa shape index (κ1) is 12.3. The molecule has 1 saturated heterocycles. The summed E-state index contributed by atoms with van der Waals surface area (Å²) in [5.41, 5.74) is 0.911. The molecule has 0 unspecified atom stereocenters. The lowest BCUT2D eigenvalue weighted by Gasteiger charge is -2.27. The number of aliphatic hydroxyl groups excluding tert-OH is 1. The Kier molecular flexibility index (Phi) is 4.34. The molecule has 2 rings (SSSR count). The number of hydrogen-bond acceptors (Lipinski definition) is 4. The third-order valence-electron chi connectivity index (χ3n) is 3.26. The summed E-state index contributed by atoms with van der Waals surface area (Å²) in [4.78, 5) is 6.50. The summed E-state index contributed by atoms with van der Waals surface area (Å²) >= 11 is 0. The molecule has 1 fully saturated rings. The van der Waals surface area contributed by atoms with Gasteiger partial charge in [0.25, 0.3) is 0 Å². The van der Waals surface area contributed by atoms with Gasteiger partial charge in [-0.2, -0.15) is 0 Å². The van der Waals surface area contributed by atoms with E-state index in [4.69, 9.17) is 9.84 Å². The fourth-order valence-corrected chi connectivity index (χ4v) is 2.18. The smallest absolute Gasteiger partial charge is 0.128 e. The Morgan fingerprint density at radius 1 is 1.47 bits per heavy atom. The Hall–Kier alpha value is -1.13. The van der Waals surface area contributed by atoms with E-state index >= 15 is 0 Å². The molecule has 17 heavy (non-hydrogen) atoms. The number of nitrogens with zero attached hydrogens (tertiary/aromatic N) is 2. The Morgan fingerprint density at radius 2 is 2.24 bits per heavy atom. The highest BCUT2D eigenvalue weighted by Crippen LogP contribution is 2.19. The van der Waals surface area contributed by atoms with Crippen molar-refractivity contribution < 1.29 is 9.84 Å². The molecule has 94 valence electrons. The summed E-state index contributed by atoms with van der Waals surface area (Å²) < 4.78 is 5.36. The minimum absolute atomic E-state index is 0.0701. The van der Waals surface area contributed by atoms with Gasteiger partial charge in [0.05, 0.1) is 6.61 Å². The van der Waals surface area contributed by atoms with Crippen LogP contribution in [-0.2, 0) is 11.3 Å². The van der Waals surface area contributed by atoms with Crippen LogP contribution in [0.2, 0.25) is 0 Å². The molecule has 0 radical (unpaired) electrons. The van der Waals surface area contributed by atoms with E-state index in [1.165, 1.54) is 0 Å². The summed E-state index contributed by atoms with van der Waals surface area (Å²) in [6.45, 7) is 2.83. The van der Waals surface area contributed by atoms with Crippen molar-refractivity contribution in [1.29, 1.82) is 0 Å². The first-order valence-corrected chi connectivity index (χ1v) is 6.14. The third kappa shape index (κ3) is 3.41. The molecule has 4 nitrogen and oxygen atoms in total. The number of pyridine rings is 1. The second-order valence-corrected chi connectivity index (χ2v) is 4.62. The summed E-state index contributed by atoms with van der Waals surface area (Å²) in [5.74, 6) is 1.62. The second-order valence-electron chi connectivity index (χ2n) is 4.62. The van der Waals surface area contributed by atoms with E-state index in [2.05, 4.69) is 16.9 Å². The van der Waals surface area contributed by atoms with E-state index in [1.807, 2.05) is 12.1 Å². The van der Waals surface area contributed by atoms with E-state index in [1.54, 1.807) is 6.20 Å². The summed E-state index contributed by atoms with van der Waals surface area (Å²) in [6, 6.07) is 3.78. The average molecular weight is 236 g/mol. The van der Waals surface area contributed by atoms with Crippen molar-refractivity contribution >= 4 is 5.82 Å². The lowest BCUT2D eigenvalue weighted by molar-refractivity contribution is 0.0685. The second kappa shape index (κ2) is 5.98. The van der Waals surface area contributed by atoms with Gasteiger partial charge in [-0.25, -0.2) is 4.98 Å². The number of rotatable bonds is 4. The fraction of sp³-hybridized carbons (Fsp3) is 0.615. The fourth-order valence-electron chi connectivity index (χ4n) is 2.18. The van der Waals surface area contributed by atoms with E-state index < -0.39 is 0 Å². The highest BCUT2D eigenvalue weighted by atomic mass is 16.5. The summed E-state index contributed by atoms with van der Waals surface area (Å²) in [7, 11) is 2.05. The predicted octanol–water partition coefficient (Wildman–Crippen LogP) is 1.44. The van der Waals surface area contributed by atoms with Crippen LogP contribution >= 0.6 is 0 Å². The number of hydrogen-bond donors (Lipinski definition) is 1. The molecule has 1 aromatic rings. The zero-order chi connectivity index (χ0) is 12.1. The Bertz CT molecular complexity index is 351. The van der Waals surface area contributed by atoms with Crippen molar-refractivity contribution in [2.24, 2.45) is 5.92 Å². The van der Waals surface area contributed by atoms with Gasteiger partial charge in [-0.3, -0.25) is 0 Å². The van der Waals surface area contributed by atoms with Gasteiger partial charge in [-0.05, 0) is 36.5 Å². The first-order valence-electron chi connectivity index (χ1n) is 6.14. The van der Waals surface area contributed by atoms with E-state index in [0.29, 0.717) is 5.92 Å². The monoisotopic (exact) mass is 236 g/mol. The lowest BCUT2D eigenvalue weighted by atomic mass is 10.00. The van der Waals surface area contributed by atoms with Gasteiger partial charge in [-0.15, -0.1) is 0 Å². The number of aliphatic hydroxyl groups is 1. The zero-order valence-corrected chi connectivity index (χ0v) is 10.3. The van der Waals surface area contributed by atoms with Crippen LogP contribution in [0.25, 0.3) is 0 Å². The van der Waals surface area contributed by atoms with Crippen LogP contribution in [0.5, 0.6) is 0 Å². The SMILES string of the molecule is CN(CC1CCOCC1)c1cc(CO)ccn1. The average Bonchev–Trinajstić information content (AvgIpc) is 2.40. The molecular formula is C13H20N2O2. The number of anilines is 1. The molecular weight excluding hydrogens is 216 g/mol. The van der Waals surface area contributed by atoms with Gasteiger partial charge < -0.3 is 14.7 Å². The van der Waals surface area contributed by atoms with Crippen molar-refractivity contribution in [3.05, 3.63) is 23.9 Å². The Balaban J connectivity index is 1.95. The molecule has 0 aromatic carbocycles. The molecule has 0 amide bonds. The Morgan fingerprint density at radius 3 is 2.94 bits per heavy atom. The molecule has 1 aliphatic heterocycles. The van der Waals surface area contributed by atoms with Crippen molar-refractivity contribution in [3.63, 3.8) is 0 Å². The van der Waals surface area contributed by atoms with Crippen molar-refractivity contribution in [2.75, 3.05) is 31.7 Å². The van der Waals surface area contributed by atoms with Crippen LogP contribution in [0.4, 0.5) is 5.82 Å². The zero-order valence-electron chi connectivity index (χ0n) is 10.3. The molecule has 0 aliphatic carbocycles. The highest BCUT2D eigenvalue weighted by molar-refractivity contribution is 5.39. The molecule has 0 bridgehead atoms. The Labute approximate surface area is 102 Å². The number of aromatic nitrogens is 1. The molecule has 0 atom stereocenters. The van der Waals surface area contributed by atoms with Gasteiger partial charge in [0.15, 0.2) is 0 Å².